The van der Waals surface area contributed by atoms with E-state index < -0.39 is 11.6 Å². The van der Waals surface area contributed by atoms with Crippen molar-refractivity contribution >= 4 is 0 Å². The van der Waals surface area contributed by atoms with Gasteiger partial charge in [-0.15, -0.1) is 12.3 Å². The molecule has 1 aromatic carbocycles. The molecular weight excluding hydrogens is 196 g/mol. The van der Waals surface area contributed by atoms with Crippen LogP contribution in [0.2, 0.25) is 0 Å². The van der Waals surface area contributed by atoms with Gasteiger partial charge in [0.1, 0.15) is 0 Å². The number of likely N-dealkylation sites (N-methyl/N-ethyl adjacent to an activating group) is 1. The first kappa shape index (κ1) is 11.7. The first-order chi connectivity index (χ1) is 7.17. The summed E-state index contributed by atoms with van der Waals surface area (Å²) in [7, 11) is 1.79. The summed E-state index contributed by atoms with van der Waals surface area (Å²) in [4.78, 5) is 0. The lowest BCUT2D eigenvalue weighted by Crippen LogP contribution is -2.27. The van der Waals surface area contributed by atoms with Crippen molar-refractivity contribution in [2.45, 2.75) is 18.9 Å². The van der Waals surface area contributed by atoms with Gasteiger partial charge >= 0.3 is 0 Å². The summed E-state index contributed by atoms with van der Waals surface area (Å²) in [5, 5.41) is 3.03. The van der Waals surface area contributed by atoms with Crippen molar-refractivity contribution in [2.75, 3.05) is 7.05 Å². The van der Waals surface area contributed by atoms with Gasteiger partial charge in [0.2, 0.25) is 0 Å². The molecule has 0 heterocycles. The van der Waals surface area contributed by atoms with Gasteiger partial charge in [-0.2, -0.15) is 0 Å². The molecule has 1 N–H and O–H groups in total. The molecule has 0 spiro atoms. The molecule has 0 aliphatic carbocycles. The van der Waals surface area contributed by atoms with Crippen LogP contribution >= 0.6 is 0 Å². The fourth-order valence-electron chi connectivity index (χ4n) is 1.37. The predicted molar refractivity (Wildman–Crippen MR) is 56.4 cm³/mol. The molecule has 1 aromatic rings. The number of nitrogens with one attached hydrogen (secondary N) is 1. The van der Waals surface area contributed by atoms with Crippen LogP contribution in [0.5, 0.6) is 0 Å². The van der Waals surface area contributed by atoms with Gasteiger partial charge in [0, 0.05) is 12.5 Å². The molecule has 1 unspecified atom stereocenters. The van der Waals surface area contributed by atoms with Crippen LogP contribution in [0.3, 0.4) is 0 Å². The second-order valence-electron chi connectivity index (χ2n) is 3.35. The smallest absolute Gasteiger partial charge is 0.159 e. The van der Waals surface area contributed by atoms with Crippen LogP contribution in [-0.2, 0) is 6.42 Å². The maximum absolute atomic E-state index is 12.9. The molecule has 0 bridgehead atoms. The molecule has 15 heavy (non-hydrogen) atoms. The minimum Gasteiger partial charge on any atom is -0.316 e. The van der Waals surface area contributed by atoms with E-state index in [9.17, 15) is 8.78 Å². The third-order valence-corrected chi connectivity index (χ3v) is 2.24. The van der Waals surface area contributed by atoms with Crippen LogP contribution in [0.15, 0.2) is 18.2 Å². The number of hydrogen-bond acceptors (Lipinski definition) is 1. The topological polar surface area (TPSA) is 12.0 Å². The highest BCUT2D eigenvalue weighted by Gasteiger charge is 2.08. The Morgan fingerprint density at radius 2 is 2.13 bits per heavy atom. The number of terminal acetylenes is 1. The van der Waals surface area contributed by atoms with Crippen molar-refractivity contribution < 1.29 is 8.78 Å². The molecule has 0 aliphatic rings. The van der Waals surface area contributed by atoms with Crippen molar-refractivity contribution in [3.63, 3.8) is 0 Å². The highest BCUT2D eigenvalue weighted by Crippen LogP contribution is 2.11. The number of hydrogen-bond donors (Lipinski definition) is 1. The molecule has 0 aliphatic heterocycles. The van der Waals surface area contributed by atoms with Crippen LogP contribution in [0, 0.1) is 24.0 Å². The number of halogens is 2. The van der Waals surface area contributed by atoms with Crippen LogP contribution in [0.25, 0.3) is 0 Å². The summed E-state index contributed by atoms with van der Waals surface area (Å²) in [6.07, 6.45) is 6.35. The highest BCUT2D eigenvalue weighted by molar-refractivity contribution is 5.19. The Morgan fingerprint density at radius 3 is 2.67 bits per heavy atom. The Hall–Kier alpha value is -1.40. The second-order valence-corrected chi connectivity index (χ2v) is 3.35. The lowest BCUT2D eigenvalue weighted by atomic mass is 10.0. The summed E-state index contributed by atoms with van der Waals surface area (Å²) in [6.45, 7) is 0. The zero-order valence-corrected chi connectivity index (χ0v) is 8.56. The van der Waals surface area contributed by atoms with E-state index in [4.69, 9.17) is 6.42 Å². The van der Waals surface area contributed by atoms with Gasteiger partial charge in [-0.05, 0) is 31.2 Å². The summed E-state index contributed by atoms with van der Waals surface area (Å²) in [5.74, 6) is 0.896. The zero-order chi connectivity index (χ0) is 11.3. The van der Waals surface area contributed by atoms with Gasteiger partial charge < -0.3 is 5.32 Å². The van der Waals surface area contributed by atoms with E-state index in [2.05, 4.69) is 11.2 Å². The lowest BCUT2D eigenvalue weighted by molar-refractivity contribution is 0.504. The Balaban J connectivity index is 2.71. The van der Waals surface area contributed by atoms with Gasteiger partial charge in [-0.1, -0.05) is 6.07 Å². The molecular formula is C12H13F2N. The highest BCUT2D eigenvalue weighted by atomic mass is 19.2. The third-order valence-electron chi connectivity index (χ3n) is 2.24. The second kappa shape index (κ2) is 5.47. The van der Waals surface area contributed by atoms with Crippen molar-refractivity contribution in [3.05, 3.63) is 35.4 Å². The van der Waals surface area contributed by atoms with E-state index in [1.54, 1.807) is 13.1 Å². The quantitative estimate of drug-likeness (QED) is 0.749. The van der Waals surface area contributed by atoms with E-state index in [0.717, 1.165) is 11.6 Å². The number of rotatable bonds is 4. The van der Waals surface area contributed by atoms with Crippen molar-refractivity contribution in [1.82, 2.24) is 5.32 Å². The standard InChI is InChI=1S/C12H13F2N/c1-3-4-10(15-2)7-9-5-6-11(13)12(14)8-9/h1,5-6,8,10,15H,4,7H2,2H3. The first-order valence-electron chi connectivity index (χ1n) is 4.72. The average molecular weight is 209 g/mol. The average Bonchev–Trinajstić information content (AvgIpc) is 2.23. The molecule has 3 heteroatoms. The van der Waals surface area contributed by atoms with Gasteiger partial charge in [0.05, 0.1) is 0 Å². The monoisotopic (exact) mass is 209 g/mol. The molecule has 1 nitrogen and oxygen atoms in total. The van der Waals surface area contributed by atoms with E-state index in [1.807, 2.05) is 0 Å². The summed E-state index contributed by atoms with van der Waals surface area (Å²) in [6, 6.07) is 4.00. The lowest BCUT2D eigenvalue weighted by Gasteiger charge is -2.13. The molecule has 0 aromatic heterocycles. The molecule has 0 saturated heterocycles. The van der Waals surface area contributed by atoms with Crippen LogP contribution in [-0.4, -0.2) is 13.1 Å². The molecule has 0 radical (unpaired) electrons. The van der Waals surface area contributed by atoms with Crippen molar-refractivity contribution in [1.29, 1.82) is 0 Å². The van der Waals surface area contributed by atoms with Crippen molar-refractivity contribution in [2.24, 2.45) is 0 Å². The van der Waals surface area contributed by atoms with E-state index in [1.165, 1.54) is 6.07 Å². The van der Waals surface area contributed by atoms with Gasteiger partial charge in [0.15, 0.2) is 11.6 Å². The van der Waals surface area contributed by atoms with E-state index in [0.29, 0.717) is 12.8 Å². The minimum absolute atomic E-state index is 0.0971. The number of benzene rings is 1. The Kier molecular flexibility index (Phi) is 4.26. The molecule has 0 amide bonds. The fraction of sp³-hybridized carbons (Fsp3) is 0.333. The summed E-state index contributed by atoms with van der Waals surface area (Å²) in [5.41, 5.74) is 0.739. The van der Waals surface area contributed by atoms with Gasteiger partial charge in [-0.3, -0.25) is 0 Å². The van der Waals surface area contributed by atoms with Gasteiger partial charge in [-0.25, -0.2) is 8.78 Å². The minimum atomic E-state index is -0.822. The zero-order valence-electron chi connectivity index (χ0n) is 8.56. The maximum Gasteiger partial charge on any atom is 0.159 e. The summed E-state index contributed by atoms with van der Waals surface area (Å²) >= 11 is 0. The fourth-order valence-corrected chi connectivity index (χ4v) is 1.37. The Labute approximate surface area is 88.5 Å². The van der Waals surface area contributed by atoms with Crippen LogP contribution in [0.1, 0.15) is 12.0 Å². The largest absolute Gasteiger partial charge is 0.316 e. The van der Waals surface area contributed by atoms with Crippen LogP contribution in [0.4, 0.5) is 8.78 Å². The molecule has 0 fully saturated rings. The molecule has 80 valence electrons. The predicted octanol–water partition coefficient (Wildman–Crippen LogP) is 2.12. The van der Waals surface area contributed by atoms with Crippen molar-refractivity contribution in [3.8, 4) is 12.3 Å². The normalized spacial score (nSPS) is 12.1. The SMILES string of the molecule is C#CCC(Cc1ccc(F)c(F)c1)NC. The maximum atomic E-state index is 12.9. The van der Waals surface area contributed by atoms with Gasteiger partial charge in [0.25, 0.3) is 0 Å². The first-order valence-corrected chi connectivity index (χ1v) is 4.72. The molecule has 0 saturated carbocycles. The Bertz CT molecular complexity index is 368. The van der Waals surface area contributed by atoms with E-state index >= 15 is 0 Å². The molecule has 1 atom stereocenters. The summed E-state index contributed by atoms with van der Waals surface area (Å²) < 4.78 is 25.5. The molecule has 1 rings (SSSR count). The van der Waals surface area contributed by atoms with E-state index in [-0.39, 0.29) is 6.04 Å². The Morgan fingerprint density at radius 1 is 1.40 bits per heavy atom. The third kappa shape index (κ3) is 3.34. The van der Waals surface area contributed by atoms with Crippen LogP contribution < -0.4 is 5.32 Å².